The van der Waals surface area contributed by atoms with Gasteiger partial charge in [0.25, 0.3) is 11.5 Å². The van der Waals surface area contributed by atoms with Crippen molar-refractivity contribution in [3.05, 3.63) is 70.7 Å². The summed E-state index contributed by atoms with van der Waals surface area (Å²) in [4.78, 5) is 70.2. The lowest BCUT2D eigenvalue weighted by atomic mass is 10.1. The number of allylic oxidation sites excluding steroid dienone is 1. The number of aromatic nitrogens is 3. The van der Waals surface area contributed by atoms with Gasteiger partial charge in [-0.1, -0.05) is 6.08 Å². The molecule has 0 saturated heterocycles. The van der Waals surface area contributed by atoms with Crippen LogP contribution in [-0.2, 0) is 25.6 Å². The number of ether oxygens (including phenoxy) is 2. The predicted molar refractivity (Wildman–Crippen MR) is 161 cm³/mol. The second-order valence-corrected chi connectivity index (χ2v) is 11.3. The molecule has 0 radical (unpaired) electrons. The van der Waals surface area contributed by atoms with E-state index >= 15 is 0 Å². The summed E-state index contributed by atoms with van der Waals surface area (Å²) in [5.74, 6) is -1.89. The predicted octanol–water partition coefficient (Wildman–Crippen LogP) is 3.60. The Morgan fingerprint density at radius 1 is 1.09 bits per heavy atom. The van der Waals surface area contributed by atoms with Crippen LogP contribution in [0.5, 0.6) is 0 Å². The molecule has 0 bridgehead atoms. The molecule has 0 aliphatic carbocycles. The summed E-state index contributed by atoms with van der Waals surface area (Å²) in [7, 11) is 6.10. The average molecular weight is 613 g/mol. The molecule has 1 N–H and O–H groups in total. The first-order valence-corrected chi connectivity index (χ1v) is 13.7. The van der Waals surface area contributed by atoms with Gasteiger partial charge in [-0.05, 0) is 64.0 Å². The van der Waals surface area contributed by atoms with Crippen molar-refractivity contribution in [3.63, 3.8) is 0 Å². The summed E-state index contributed by atoms with van der Waals surface area (Å²) in [6.45, 7) is 4.98. The SMILES string of the molecule is CN(C)C(=O)/C=C/CC[C@H](OC(=O)N(C)C)C(=O)Nc1nccn(Cc2cc3cc(F)ccc3n2C(=O)OC(C)(C)C)c1=O. The number of amides is 3. The molecule has 2 heterocycles. The summed E-state index contributed by atoms with van der Waals surface area (Å²) in [5, 5.41) is 2.85. The Hall–Kier alpha value is -5.01. The van der Waals surface area contributed by atoms with E-state index in [0.717, 1.165) is 4.90 Å². The normalized spacial score (nSPS) is 12.2. The molecule has 2 aromatic heterocycles. The summed E-state index contributed by atoms with van der Waals surface area (Å²) >= 11 is 0. The number of nitrogens with one attached hydrogen (secondary N) is 1. The summed E-state index contributed by atoms with van der Waals surface area (Å²) in [6, 6.07) is 5.49. The molecule has 236 valence electrons. The number of fused-ring (bicyclic) bond motifs is 1. The number of benzene rings is 1. The van der Waals surface area contributed by atoms with Crippen LogP contribution in [0.1, 0.15) is 39.3 Å². The lowest BCUT2D eigenvalue weighted by molar-refractivity contribution is -0.125. The number of carbonyl (C=O) groups excluding carboxylic acids is 4. The minimum atomic E-state index is -1.30. The first-order valence-electron chi connectivity index (χ1n) is 13.7. The summed E-state index contributed by atoms with van der Waals surface area (Å²) in [5.41, 5.74) is -0.817. The third-order valence-corrected chi connectivity index (χ3v) is 6.10. The van der Waals surface area contributed by atoms with Crippen LogP contribution in [0, 0.1) is 5.82 Å². The minimum Gasteiger partial charge on any atom is -0.443 e. The fourth-order valence-electron chi connectivity index (χ4n) is 3.96. The van der Waals surface area contributed by atoms with Crippen molar-refractivity contribution < 1.29 is 33.0 Å². The number of likely N-dealkylation sites (N-methyl/N-ethyl adjacent to an activating group) is 1. The number of hydrogen-bond donors (Lipinski definition) is 1. The monoisotopic (exact) mass is 612 g/mol. The first-order chi connectivity index (χ1) is 20.6. The van der Waals surface area contributed by atoms with Crippen LogP contribution in [0.3, 0.4) is 0 Å². The van der Waals surface area contributed by atoms with Crippen molar-refractivity contribution >= 4 is 40.7 Å². The molecule has 1 atom stereocenters. The zero-order valence-corrected chi connectivity index (χ0v) is 25.8. The first kappa shape index (κ1) is 33.5. The molecule has 1 aromatic carbocycles. The lowest BCUT2D eigenvalue weighted by Gasteiger charge is -2.21. The smallest absolute Gasteiger partial charge is 0.419 e. The maximum atomic E-state index is 14.0. The number of rotatable bonds is 9. The zero-order chi connectivity index (χ0) is 32.8. The number of carbonyl (C=O) groups is 4. The van der Waals surface area contributed by atoms with E-state index in [-0.39, 0.29) is 31.1 Å². The third kappa shape index (κ3) is 8.75. The van der Waals surface area contributed by atoms with Crippen molar-refractivity contribution in [2.75, 3.05) is 33.5 Å². The van der Waals surface area contributed by atoms with Crippen molar-refractivity contribution in [1.82, 2.24) is 23.9 Å². The van der Waals surface area contributed by atoms with E-state index in [0.29, 0.717) is 16.6 Å². The number of nitrogens with zero attached hydrogens (tertiary/aromatic N) is 5. The van der Waals surface area contributed by atoms with Crippen molar-refractivity contribution in [2.45, 2.75) is 51.9 Å². The van der Waals surface area contributed by atoms with Crippen LogP contribution in [-0.4, -0.2) is 87.8 Å². The van der Waals surface area contributed by atoms with Crippen LogP contribution in [0.2, 0.25) is 0 Å². The lowest BCUT2D eigenvalue weighted by Crippen LogP contribution is -2.38. The van der Waals surface area contributed by atoms with E-state index in [2.05, 4.69) is 10.3 Å². The van der Waals surface area contributed by atoms with Gasteiger partial charge in [-0.2, -0.15) is 0 Å². The van der Waals surface area contributed by atoms with E-state index in [4.69, 9.17) is 9.47 Å². The second-order valence-electron chi connectivity index (χ2n) is 11.3. The van der Waals surface area contributed by atoms with Gasteiger partial charge in [-0.15, -0.1) is 0 Å². The summed E-state index contributed by atoms with van der Waals surface area (Å²) < 4.78 is 27.3. The highest BCUT2D eigenvalue weighted by atomic mass is 19.1. The quantitative estimate of drug-likeness (QED) is 0.361. The Balaban J connectivity index is 1.89. The fourth-order valence-corrected chi connectivity index (χ4v) is 3.96. The molecular formula is C30H37FN6O7. The molecule has 13 nitrogen and oxygen atoms in total. The topological polar surface area (TPSA) is 145 Å². The minimum absolute atomic E-state index is 0.0240. The largest absolute Gasteiger partial charge is 0.443 e. The fraction of sp³-hybridized carbons (Fsp3) is 0.400. The summed E-state index contributed by atoms with van der Waals surface area (Å²) in [6.07, 6.45) is 3.00. The van der Waals surface area contributed by atoms with Crippen LogP contribution in [0.15, 0.2) is 53.6 Å². The highest BCUT2D eigenvalue weighted by Gasteiger charge is 2.26. The molecule has 14 heteroatoms. The van der Waals surface area contributed by atoms with Crippen LogP contribution in [0.4, 0.5) is 19.8 Å². The molecule has 44 heavy (non-hydrogen) atoms. The standard InChI is InChI=1S/C30H37FN6O7/c1-30(2,3)44-29(42)37-21(17-19-16-20(31)12-13-22(19)37)18-36-15-14-32-25(27(36)40)33-26(39)23(43-28(41)35(6)7)10-8-9-11-24(38)34(4)5/h9,11-17,23H,8,10,18H2,1-7H3,(H,32,33,39)/b11-9+/t23-/m0/s1. The van der Waals surface area contributed by atoms with Gasteiger partial charge in [0.1, 0.15) is 11.4 Å². The van der Waals surface area contributed by atoms with E-state index in [1.807, 2.05) is 0 Å². The van der Waals surface area contributed by atoms with Crippen LogP contribution < -0.4 is 10.9 Å². The maximum Gasteiger partial charge on any atom is 0.419 e. The van der Waals surface area contributed by atoms with E-state index in [1.165, 1.54) is 64.8 Å². The van der Waals surface area contributed by atoms with Crippen molar-refractivity contribution in [1.29, 1.82) is 0 Å². The molecule has 0 spiro atoms. The van der Waals surface area contributed by atoms with Crippen molar-refractivity contribution in [2.24, 2.45) is 0 Å². The van der Waals surface area contributed by atoms with E-state index in [1.54, 1.807) is 47.0 Å². The molecule has 0 aliphatic rings. The van der Waals surface area contributed by atoms with Gasteiger partial charge in [0.05, 0.1) is 17.8 Å². The molecule has 0 aliphatic heterocycles. The molecular weight excluding hydrogens is 575 g/mol. The van der Waals surface area contributed by atoms with Gasteiger partial charge >= 0.3 is 12.2 Å². The average Bonchev–Trinajstić information content (AvgIpc) is 3.28. The van der Waals surface area contributed by atoms with Crippen molar-refractivity contribution in [3.8, 4) is 0 Å². The zero-order valence-electron chi connectivity index (χ0n) is 25.8. The molecule has 0 unspecified atom stereocenters. The second kappa shape index (κ2) is 14.0. The van der Waals surface area contributed by atoms with Gasteiger partial charge in [0.2, 0.25) is 5.91 Å². The molecule has 0 fully saturated rings. The van der Waals surface area contributed by atoms with Gasteiger partial charge in [-0.25, -0.2) is 23.5 Å². The van der Waals surface area contributed by atoms with Gasteiger partial charge < -0.3 is 29.2 Å². The highest BCUT2D eigenvalue weighted by molar-refractivity contribution is 5.94. The Labute approximate surface area is 253 Å². The maximum absolute atomic E-state index is 14.0. The number of halogens is 1. The Bertz CT molecular complexity index is 1630. The molecule has 3 amide bonds. The van der Waals surface area contributed by atoms with Gasteiger partial charge in [0, 0.05) is 46.0 Å². The van der Waals surface area contributed by atoms with Gasteiger partial charge in [0.15, 0.2) is 11.9 Å². The molecule has 3 aromatic rings. The Morgan fingerprint density at radius 3 is 2.43 bits per heavy atom. The third-order valence-electron chi connectivity index (χ3n) is 6.10. The molecule has 3 rings (SSSR count). The van der Waals surface area contributed by atoms with Gasteiger partial charge in [-0.3, -0.25) is 14.4 Å². The van der Waals surface area contributed by atoms with E-state index in [9.17, 15) is 28.4 Å². The van der Waals surface area contributed by atoms with Crippen LogP contribution >= 0.6 is 0 Å². The number of anilines is 1. The Morgan fingerprint density at radius 2 is 1.80 bits per heavy atom. The van der Waals surface area contributed by atoms with Crippen LogP contribution in [0.25, 0.3) is 10.9 Å². The molecule has 0 saturated carbocycles. The van der Waals surface area contributed by atoms with E-state index < -0.39 is 41.2 Å². The Kier molecular flexibility index (Phi) is 10.6. The highest BCUT2D eigenvalue weighted by Crippen LogP contribution is 2.23. The number of hydrogen-bond acceptors (Lipinski definition) is 8.